The van der Waals surface area contributed by atoms with Gasteiger partial charge in [-0.25, -0.2) is 0 Å². The van der Waals surface area contributed by atoms with E-state index in [9.17, 15) is 14.7 Å². The molecule has 0 heterocycles. The Hall–Kier alpha value is -1.42. The van der Waals surface area contributed by atoms with E-state index in [0.717, 1.165) is 36.8 Å². The number of allylic oxidation sites excluding steroid dienone is 2. The van der Waals surface area contributed by atoms with Crippen LogP contribution >= 0.6 is 0 Å². The summed E-state index contributed by atoms with van der Waals surface area (Å²) in [6.07, 6.45) is 7.89. The molecule has 1 N–H and O–H groups in total. The minimum absolute atomic E-state index is 0.167. The number of hydrogen-bond acceptors (Lipinski definition) is 4. The second-order valence-electron chi connectivity index (χ2n) is 9.59. The van der Waals surface area contributed by atoms with Crippen LogP contribution in [0.4, 0.5) is 0 Å². The normalized spacial score (nSPS) is 27.7. The molecule has 2 atom stereocenters. The van der Waals surface area contributed by atoms with Gasteiger partial charge in [-0.05, 0) is 72.3 Å². The van der Waals surface area contributed by atoms with Crippen LogP contribution in [-0.2, 0) is 14.3 Å². The number of rotatable bonds is 4. The van der Waals surface area contributed by atoms with Crippen LogP contribution in [-0.4, -0.2) is 28.6 Å². The lowest BCUT2D eigenvalue weighted by Crippen LogP contribution is -2.45. The first-order chi connectivity index (χ1) is 11.8. The number of ether oxygens (including phenoxy) is 1. The summed E-state index contributed by atoms with van der Waals surface area (Å²) in [5.41, 5.74) is 0.345. The van der Waals surface area contributed by atoms with E-state index in [2.05, 4.69) is 6.92 Å². The van der Waals surface area contributed by atoms with Gasteiger partial charge in [0.2, 0.25) is 0 Å². The fraction of sp³-hybridized carbons (Fsp3) is 0.727. The van der Waals surface area contributed by atoms with Crippen molar-refractivity contribution in [2.75, 3.05) is 0 Å². The maximum Gasteiger partial charge on any atom is 0.311 e. The van der Waals surface area contributed by atoms with Gasteiger partial charge in [0.15, 0.2) is 5.78 Å². The van der Waals surface area contributed by atoms with Crippen molar-refractivity contribution < 1.29 is 19.4 Å². The van der Waals surface area contributed by atoms with Crippen LogP contribution in [0.2, 0.25) is 0 Å². The van der Waals surface area contributed by atoms with E-state index in [1.54, 1.807) is 19.9 Å². The fourth-order valence-electron chi connectivity index (χ4n) is 3.96. The second-order valence-corrected chi connectivity index (χ2v) is 9.59. The molecule has 0 aromatic heterocycles. The Labute approximate surface area is 157 Å². The van der Waals surface area contributed by atoms with Crippen molar-refractivity contribution in [3.63, 3.8) is 0 Å². The highest BCUT2D eigenvalue weighted by Crippen LogP contribution is 2.51. The monoisotopic (exact) mass is 362 g/mol. The van der Waals surface area contributed by atoms with Gasteiger partial charge in [-0.15, -0.1) is 0 Å². The Bertz CT molecular complexity index is 628. The molecule has 0 radical (unpaired) electrons. The van der Waals surface area contributed by atoms with Crippen LogP contribution in [0.5, 0.6) is 0 Å². The summed E-state index contributed by atoms with van der Waals surface area (Å²) < 4.78 is 5.93. The minimum Gasteiger partial charge on any atom is -0.461 e. The molecular formula is C22H34O4. The molecule has 26 heavy (non-hydrogen) atoms. The van der Waals surface area contributed by atoms with Crippen molar-refractivity contribution in [1.29, 1.82) is 0 Å². The van der Waals surface area contributed by atoms with E-state index in [4.69, 9.17) is 4.74 Å². The topological polar surface area (TPSA) is 63.6 Å². The van der Waals surface area contributed by atoms with Crippen molar-refractivity contribution in [2.45, 2.75) is 91.8 Å². The summed E-state index contributed by atoms with van der Waals surface area (Å²) >= 11 is 0. The summed E-state index contributed by atoms with van der Waals surface area (Å²) in [5, 5.41) is 9.87. The lowest BCUT2D eigenvalue weighted by atomic mass is 9.61. The number of aliphatic hydroxyl groups is 1. The van der Waals surface area contributed by atoms with E-state index in [1.807, 2.05) is 26.8 Å². The zero-order chi connectivity index (χ0) is 19.8. The van der Waals surface area contributed by atoms with Gasteiger partial charge in [-0.2, -0.15) is 0 Å². The molecule has 146 valence electrons. The quantitative estimate of drug-likeness (QED) is 0.590. The first kappa shape index (κ1) is 20.9. The third-order valence-electron chi connectivity index (χ3n) is 5.57. The van der Waals surface area contributed by atoms with Gasteiger partial charge < -0.3 is 9.84 Å². The second kappa shape index (κ2) is 7.30. The predicted octanol–water partition coefficient (Wildman–Crippen LogP) is 4.51. The molecule has 1 fully saturated rings. The van der Waals surface area contributed by atoms with E-state index < -0.39 is 11.0 Å². The summed E-state index contributed by atoms with van der Waals surface area (Å²) in [6.45, 7) is 11.2. The highest BCUT2D eigenvalue weighted by Gasteiger charge is 2.47. The molecule has 0 spiro atoms. The molecule has 0 unspecified atom stereocenters. The SMILES string of the molecule is CC(C)(O)/C=C/CC1=C2CCC[C@H](OC(=O)C(C)(C)C)[C@@]2(C)CCC1=O. The summed E-state index contributed by atoms with van der Waals surface area (Å²) in [4.78, 5) is 25.0. The van der Waals surface area contributed by atoms with Gasteiger partial charge >= 0.3 is 5.97 Å². The van der Waals surface area contributed by atoms with Crippen LogP contribution in [0.3, 0.4) is 0 Å². The molecule has 0 aromatic carbocycles. The molecule has 2 rings (SSSR count). The lowest BCUT2D eigenvalue weighted by Gasteiger charge is -2.46. The van der Waals surface area contributed by atoms with Gasteiger partial charge in [0.25, 0.3) is 0 Å². The molecule has 2 aliphatic carbocycles. The Morgan fingerprint density at radius 1 is 1.27 bits per heavy atom. The number of ketones is 1. The molecule has 0 aliphatic heterocycles. The third kappa shape index (κ3) is 4.64. The summed E-state index contributed by atoms with van der Waals surface area (Å²) in [5.74, 6) is 0.0195. The van der Waals surface area contributed by atoms with Gasteiger partial charge in [0, 0.05) is 11.8 Å². The van der Waals surface area contributed by atoms with Crippen LogP contribution < -0.4 is 0 Å². The van der Waals surface area contributed by atoms with Crippen LogP contribution in [0.15, 0.2) is 23.3 Å². The first-order valence-corrected chi connectivity index (χ1v) is 9.71. The molecule has 4 nitrogen and oxygen atoms in total. The number of hydrogen-bond donors (Lipinski definition) is 1. The number of Topliss-reactive ketones (excluding diaryl/α,β-unsaturated/α-hetero) is 1. The molecule has 4 heteroatoms. The fourth-order valence-corrected chi connectivity index (χ4v) is 3.96. The first-order valence-electron chi connectivity index (χ1n) is 9.71. The smallest absolute Gasteiger partial charge is 0.311 e. The average Bonchev–Trinajstić information content (AvgIpc) is 2.49. The van der Waals surface area contributed by atoms with Crippen molar-refractivity contribution in [3.8, 4) is 0 Å². The largest absolute Gasteiger partial charge is 0.461 e. The molecule has 0 saturated heterocycles. The van der Waals surface area contributed by atoms with E-state index in [-0.39, 0.29) is 23.3 Å². The zero-order valence-electron chi connectivity index (χ0n) is 17.1. The van der Waals surface area contributed by atoms with E-state index in [0.29, 0.717) is 12.8 Å². The minimum atomic E-state index is -0.885. The van der Waals surface area contributed by atoms with Crippen LogP contribution in [0.1, 0.15) is 80.1 Å². The molecule has 0 aromatic rings. The standard InChI is InChI=1S/C22H34O4/c1-20(2,3)19(24)26-18-11-7-10-16-15(9-8-13-21(4,5)25)17(23)12-14-22(16,18)6/h8,13,18,25H,7,9-12,14H2,1-6H3/b13-8+/t18-,22-/m0/s1. The number of fused-ring (bicyclic) bond motifs is 1. The zero-order valence-corrected chi connectivity index (χ0v) is 17.1. The van der Waals surface area contributed by atoms with Crippen molar-refractivity contribution in [3.05, 3.63) is 23.3 Å². The van der Waals surface area contributed by atoms with E-state index in [1.165, 1.54) is 0 Å². The van der Waals surface area contributed by atoms with Crippen molar-refractivity contribution in [2.24, 2.45) is 10.8 Å². The number of carbonyl (C=O) groups is 2. The molecule has 2 aliphatic rings. The van der Waals surface area contributed by atoms with Gasteiger partial charge in [-0.1, -0.05) is 24.6 Å². The number of carbonyl (C=O) groups excluding carboxylic acids is 2. The van der Waals surface area contributed by atoms with Gasteiger partial charge in [-0.3, -0.25) is 9.59 Å². The predicted molar refractivity (Wildman–Crippen MR) is 103 cm³/mol. The molecular weight excluding hydrogens is 328 g/mol. The third-order valence-corrected chi connectivity index (χ3v) is 5.57. The van der Waals surface area contributed by atoms with Crippen molar-refractivity contribution in [1.82, 2.24) is 0 Å². The Kier molecular flexibility index (Phi) is 5.86. The average molecular weight is 363 g/mol. The molecule has 0 amide bonds. The maximum absolute atomic E-state index is 12.6. The highest BCUT2D eigenvalue weighted by atomic mass is 16.5. The summed E-state index contributed by atoms with van der Waals surface area (Å²) in [7, 11) is 0. The highest BCUT2D eigenvalue weighted by molar-refractivity contribution is 5.97. The van der Waals surface area contributed by atoms with Crippen LogP contribution in [0.25, 0.3) is 0 Å². The van der Waals surface area contributed by atoms with Crippen molar-refractivity contribution >= 4 is 11.8 Å². The van der Waals surface area contributed by atoms with Gasteiger partial charge in [0.05, 0.1) is 11.0 Å². The van der Waals surface area contributed by atoms with Gasteiger partial charge in [0.1, 0.15) is 6.10 Å². The number of esters is 1. The van der Waals surface area contributed by atoms with Crippen LogP contribution in [0, 0.1) is 10.8 Å². The maximum atomic E-state index is 12.6. The Morgan fingerprint density at radius 2 is 1.92 bits per heavy atom. The summed E-state index contributed by atoms with van der Waals surface area (Å²) in [6, 6.07) is 0. The van der Waals surface area contributed by atoms with E-state index >= 15 is 0 Å². The Balaban J connectivity index is 2.31. The molecule has 1 saturated carbocycles. The lowest BCUT2D eigenvalue weighted by molar-refractivity contribution is -0.166. The molecule has 0 bridgehead atoms. The Morgan fingerprint density at radius 3 is 2.50 bits per heavy atom.